The average Bonchev–Trinajstić information content (AvgIpc) is 3.07. The van der Waals surface area contributed by atoms with Gasteiger partial charge in [-0.3, -0.25) is 14.4 Å². The summed E-state index contributed by atoms with van der Waals surface area (Å²) in [5, 5.41) is 11.7. The molecular weight excluding hydrogens is 452 g/mol. The summed E-state index contributed by atoms with van der Waals surface area (Å²) >= 11 is 0. The van der Waals surface area contributed by atoms with Gasteiger partial charge < -0.3 is 9.84 Å². The molecule has 0 amide bonds. The minimum atomic E-state index is -0.645. The highest BCUT2D eigenvalue weighted by Crippen LogP contribution is 2.71. The zero-order chi connectivity index (χ0) is 26.7. The molecule has 0 spiro atoms. The van der Waals surface area contributed by atoms with Crippen molar-refractivity contribution in [3.8, 4) is 0 Å². The van der Waals surface area contributed by atoms with Crippen LogP contribution in [-0.4, -0.2) is 35.9 Å². The fraction of sp³-hybridized carbons (Fsp3) is 0.774. The maximum Gasteiger partial charge on any atom is 0.293 e. The number of Topliss-reactive ketones (excluding diaryl/α,β-unsaturated/α-hetero) is 1. The largest absolute Gasteiger partial charge is 0.464 e. The van der Waals surface area contributed by atoms with Gasteiger partial charge in [0.15, 0.2) is 5.78 Å². The average molecular weight is 499 g/mol. The number of aliphatic hydroxyl groups is 1. The second-order valence-electron chi connectivity index (χ2n) is 13.7. The third-order valence-electron chi connectivity index (χ3n) is 11.7. The van der Waals surface area contributed by atoms with Crippen LogP contribution in [-0.2, 0) is 19.1 Å². The van der Waals surface area contributed by atoms with Crippen LogP contribution in [0.2, 0.25) is 0 Å². The number of aldehydes is 1. The van der Waals surface area contributed by atoms with Crippen LogP contribution in [0.15, 0.2) is 22.8 Å². The number of aliphatic hydroxyl groups excluding tert-OH is 1. The molecular formula is C31H46O5. The number of hydrogen-bond acceptors (Lipinski definition) is 5. The molecule has 0 saturated heterocycles. The van der Waals surface area contributed by atoms with E-state index < -0.39 is 6.10 Å². The number of fused-ring (bicyclic) bond motifs is 4. The number of rotatable bonds is 7. The highest BCUT2D eigenvalue weighted by molar-refractivity contribution is 6.00. The Bertz CT molecular complexity index is 991. The van der Waals surface area contributed by atoms with E-state index in [2.05, 4.69) is 41.5 Å². The zero-order valence-electron chi connectivity index (χ0n) is 23.4. The molecule has 5 heteroatoms. The van der Waals surface area contributed by atoms with Crippen LogP contribution in [0.25, 0.3) is 0 Å². The van der Waals surface area contributed by atoms with Crippen LogP contribution < -0.4 is 0 Å². The minimum Gasteiger partial charge on any atom is -0.464 e. The molecule has 0 aromatic heterocycles. The quantitative estimate of drug-likeness (QED) is 0.344. The molecule has 0 heterocycles. The van der Waals surface area contributed by atoms with Crippen molar-refractivity contribution in [2.75, 3.05) is 0 Å². The summed E-state index contributed by atoms with van der Waals surface area (Å²) in [5.74, 6) is 1.12. The smallest absolute Gasteiger partial charge is 0.293 e. The van der Waals surface area contributed by atoms with Gasteiger partial charge in [-0.2, -0.15) is 0 Å². The summed E-state index contributed by atoms with van der Waals surface area (Å²) < 4.78 is 5.50. The Kier molecular flexibility index (Phi) is 6.99. The van der Waals surface area contributed by atoms with E-state index >= 15 is 0 Å². The van der Waals surface area contributed by atoms with Gasteiger partial charge in [-0.05, 0) is 97.0 Å². The lowest BCUT2D eigenvalue weighted by atomic mass is 9.42. The van der Waals surface area contributed by atoms with E-state index in [1.165, 1.54) is 0 Å². The van der Waals surface area contributed by atoms with Crippen LogP contribution in [0.3, 0.4) is 0 Å². The molecule has 200 valence electrons. The summed E-state index contributed by atoms with van der Waals surface area (Å²) in [7, 11) is 0. The van der Waals surface area contributed by atoms with Gasteiger partial charge in [0.25, 0.3) is 6.47 Å². The van der Waals surface area contributed by atoms with Gasteiger partial charge in [0.2, 0.25) is 0 Å². The number of carbonyl (C=O) groups excluding carboxylic acids is 3. The first-order valence-electron chi connectivity index (χ1n) is 14.0. The maximum atomic E-state index is 14.1. The summed E-state index contributed by atoms with van der Waals surface area (Å²) in [6, 6.07) is 0. The minimum absolute atomic E-state index is 0.0679. The SMILES string of the molecule is C/C(C=O)=C\CC[C@@H](C)[C@H]1CC[C@@]2(C)C3=C(C(=O)C[C@]12C)[C@@]1(C)CC[C@H](OC=O)C(C)(C)[C@@H]1C[C@@H]3O. The van der Waals surface area contributed by atoms with E-state index in [0.717, 1.165) is 61.5 Å². The van der Waals surface area contributed by atoms with Crippen molar-refractivity contribution in [1.29, 1.82) is 0 Å². The first-order chi connectivity index (χ1) is 16.8. The molecule has 0 aromatic rings. The third kappa shape index (κ3) is 3.78. The summed E-state index contributed by atoms with van der Waals surface area (Å²) in [6.07, 6.45) is 8.67. The second-order valence-corrected chi connectivity index (χ2v) is 13.7. The third-order valence-corrected chi connectivity index (χ3v) is 11.7. The van der Waals surface area contributed by atoms with Gasteiger partial charge in [0.1, 0.15) is 12.4 Å². The lowest BCUT2D eigenvalue weighted by Crippen LogP contribution is -2.60. The fourth-order valence-electron chi connectivity index (χ4n) is 9.51. The lowest BCUT2D eigenvalue weighted by molar-refractivity contribution is -0.160. The van der Waals surface area contributed by atoms with Gasteiger partial charge in [-0.25, -0.2) is 0 Å². The maximum absolute atomic E-state index is 14.1. The second kappa shape index (κ2) is 9.22. The molecule has 4 aliphatic carbocycles. The molecule has 0 radical (unpaired) electrons. The first-order valence-corrected chi connectivity index (χ1v) is 14.0. The molecule has 0 aliphatic heterocycles. The van der Waals surface area contributed by atoms with Crippen LogP contribution in [0.4, 0.5) is 0 Å². The van der Waals surface area contributed by atoms with E-state index in [1.54, 1.807) is 0 Å². The van der Waals surface area contributed by atoms with Gasteiger partial charge in [-0.1, -0.05) is 47.6 Å². The number of ether oxygens (including phenoxy) is 1. The normalized spacial score (nSPS) is 42.8. The van der Waals surface area contributed by atoms with E-state index in [4.69, 9.17) is 4.74 Å². The predicted octanol–water partition coefficient (Wildman–Crippen LogP) is 5.99. The van der Waals surface area contributed by atoms with Gasteiger partial charge in [-0.15, -0.1) is 0 Å². The van der Waals surface area contributed by atoms with Crippen LogP contribution in [0.5, 0.6) is 0 Å². The Morgan fingerprint density at radius 3 is 2.47 bits per heavy atom. The van der Waals surface area contributed by atoms with Crippen molar-refractivity contribution in [3.63, 3.8) is 0 Å². The molecule has 2 saturated carbocycles. The van der Waals surface area contributed by atoms with E-state index in [9.17, 15) is 19.5 Å². The van der Waals surface area contributed by atoms with Gasteiger partial charge >= 0.3 is 0 Å². The molecule has 2 fully saturated rings. The summed E-state index contributed by atoms with van der Waals surface area (Å²) in [4.78, 5) is 36.3. The van der Waals surface area contributed by atoms with Crippen molar-refractivity contribution >= 4 is 18.5 Å². The van der Waals surface area contributed by atoms with Crippen molar-refractivity contribution in [1.82, 2.24) is 0 Å². The Morgan fingerprint density at radius 2 is 1.83 bits per heavy atom. The molecule has 0 unspecified atom stereocenters. The van der Waals surface area contributed by atoms with Crippen LogP contribution in [0.1, 0.15) is 99.8 Å². The molecule has 8 atom stereocenters. The van der Waals surface area contributed by atoms with Crippen LogP contribution in [0, 0.1) is 39.4 Å². The van der Waals surface area contributed by atoms with Crippen molar-refractivity contribution in [2.45, 2.75) is 112 Å². The molecule has 0 aromatic carbocycles. The molecule has 4 aliphatic rings. The van der Waals surface area contributed by atoms with E-state index in [0.29, 0.717) is 31.1 Å². The van der Waals surface area contributed by atoms with E-state index in [-0.39, 0.29) is 39.5 Å². The zero-order valence-corrected chi connectivity index (χ0v) is 23.4. The van der Waals surface area contributed by atoms with Crippen molar-refractivity contribution in [2.24, 2.45) is 39.4 Å². The van der Waals surface area contributed by atoms with Crippen molar-refractivity contribution < 1.29 is 24.2 Å². The molecule has 1 N–H and O–H groups in total. The summed E-state index contributed by atoms with van der Waals surface area (Å²) in [6.45, 7) is 15.8. The van der Waals surface area contributed by atoms with Gasteiger partial charge in [0, 0.05) is 17.4 Å². The van der Waals surface area contributed by atoms with Gasteiger partial charge in [0.05, 0.1) is 6.10 Å². The molecule has 0 bridgehead atoms. The summed E-state index contributed by atoms with van der Waals surface area (Å²) in [5.41, 5.74) is 1.66. The topological polar surface area (TPSA) is 80.7 Å². The Morgan fingerprint density at radius 1 is 1.14 bits per heavy atom. The fourth-order valence-corrected chi connectivity index (χ4v) is 9.51. The highest BCUT2D eigenvalue weighted by atomic mass is 16.5. The number of allylic oxidation sites excluding steroid dienone is 3. The molecule has 5 nitrogen and oxygen atoms in total. The Hall–Kier alpha value is -1.75. The predicted molar refractivity (Wildman–Crippen MR) is 140 cm³/mol. The lowest BCUT2D eigenvalue weighted by Gasteiger charge is -2.62. The standard InChI is InChI=1S/C31H46O5/c1-19(17-32)9-8-10-20(2)21-11-14-30(6)27-22(34)15-24-28(3,4)25(36-18-33)12-13-29(24,5)26(27)23(35)16-31(21,30)7/h9,17-18,20-22,24-25,34H,8,10-16H2,1-7H3/b19-9+/t20-,21-,22+,24+,25+,29+,30+,31-/m1/s1. The number of hydrogen-bond donors (Lipinski definition) is 1. The Labute approximate surface area is 217 Å². The molecule has 36 heavy (non-hydrogen) atoms. The Balaban J connectivity index is 1.72. The first kappa shape index (κ1) is 27.3. The number of ketones is 1. The number of carbonyl (C=O) groups is 3. The van der Waals surface area contributed by atoms with Crippen LogP contribution >= 0.6 is 0 Å². The highest BCUT2D eigenvalue weighted by Gasteiger charge is 2.67. The van der Waals surface area contributed by atoms with E-state index in [1.807, 2.05) is 13.0 Å². The molecule has 4 rings (SSSR count). The monoisotopic (exact) mass is 498 g/mol. The van der Waals surface area contributed by atoms with Crippen molar-refractivity contribution in [3.05, 3.63) is 22.8 Å².